The van der Waals surface area contributed by atoms with Gasteiger partial charge < -0.3 is 11.5 Å². The molecule has 0 aromatic heterocycles. The average molecular weight is 340 g/mol. The van der Waals surface area contributed by atoms with E-state index in [9.17, 15) is 13.2 Å². The van der Waals surface area contributed by atoms with Gasteiger partial charge in [-0.2, -0.15) is 0 Å². The summed E-state index contributed by atoms with van der Waals surface area (Å²) in [5.41, 5.74) is 9.70. The molecule has 0 saturated carbocycles. The minimum absolute atomic E-state index is 0.0228. The second kappa shape index (κ2) is 5.77. The number of halogens is 2. The highest BCUT2D eigenvalue weighted by Gasteiger charge is 2.28. The van der Waals surface area contributed by atoms with Crippen molar-refractivity contribution < 1.29 is 13.2 Å². The largest absolute Gasteiger partial charge is 0.396 e. The monoisotopic (exact) mass is 339 g/mol. The lowest BCUT2D eigenvalue weighted by Gasteiger charge is -2.21. The fraction of sp³-hybridized carbons (Fsp3) is 0.364. The van der Waals surface area contributed by atoms with Crippen molar-refractivity contribution in [2.45, 2.75) is 18.7 Å². The Hall–Kier alpha value is -1.02. The Labute approximate surface area is 127 Å². The van der Waals surface area contributed by atoms with Crippen molar-refractivity contribution in [3.05, 3.63) is 22.2 Å². The third kappa shape index (κ3) is 3.54. The molecule has 112 valence electrons. The van der Waals surface area contributed by atoms with Gasteiger partial charge in [0.05, 0.1) is 21.1 Å². The molecule has 0 unspecified atom stereocenters. The molecule has 0 radical (unpaired) electrons. The van der Waals surface area contributed by atoms with Crippen LogP contribution < -0.4 is 16.2 Å². The summed E-state index contributed by atoms with van der Waals surface area (Å²) in [6.45, 7) is 2.88. The third-order valence-corrected chi connectivity index (χ3v) is 5.04. The van der Waals surface area contributed by atoms with Crippen LogP contribution in [-0.4, -0.2) is 20.9 Å². The summed E-state index contributed by atoms with van der Waals surface area (Å²) in [7, 11) is -3.93. The van der Waals surface area contributed by atoms with Crippen molar-refractivity contribution >= 4 is 44.8 Å². The molecule has 1 amide bonds. The van der Waals surface area contributed by atoms with Gasteiger partial charge in [0.2, 0.25) is 15.9 Å². The van der Waals surface area contributed by atoms with Gasteiger partial charge in [0.25, 0.3) is 0 Å². The van der Waals surface area contributed by atoms with Gasteiger partial charge in [-0.25, -0.2) is 13.1 Å². The zero-order chi connectivity index (χ0) is 15.7. The summed E-state index contributed by atoms with van der Waals surface area (Å²) < 4.78 is 26.6. The first-order valence-corrected chi connectivity index (χ1v) is 7.76. The number of sulfonamides is 1. The molecular weight excluding hydrogens is 325 g/mol. The number of carbonyl (C=O) groups is 1. The molecular formula is C11H15Cl2N3O3S. The van der Waals surface area contributed by atoms with Gasteiger partial charge in [-0.1, -0.05) is 23.2 Å². The highest BCUT2D eigenvalue weighted by molar-refractivity contribution is 7.89. The summed E-state index contributed by atoms with van der Waals surface area (Å²) in [6, 6.07) is 2.57. The van der Waals surface area contributed by atoms with Gasteiger partial charge >= 0.3 is 0 Å². The molecule has 0 bridgehead atoms. The van der Waals surface area contributed by atoms with Crippen molar-refractivity contribution in [1.29, 1.82) is 0 Å². The highest BCUT2D eigenvalue weighted by atomic mass is 35.5. The molecule has 1 rings (SSSR count). The first-order chi connectivity index (χ1) is 8.99. The Morgan fingerprint density at radius 1 is 1.35 bits per heavy atom. The van der Waals surface area contributed by atoms with Gasteiger partial charge in [0.15, 0.2) is 0 Å². The van der Waals surface area contributed by atoms with Gasteiger partial charge in [0.1, 0.15) is 4.90 Å². The predicted octanol–water partition coefficient (Wildman–Crippen LogP) is 1.37. The molecule has 6 nitrogen and oxygen atoms in total. The van der Waals surface area contributed by atoms with Gasteiger partial charge in [-0.15, -0.1) is 0 Å². The number of primary amides is 1. The van der Waals surface area contributed by atoms with Crippen LogP contribution in [0.3, 0.4) is 0 Å². The maximum Gasteiger partial charge on any atom is 0.242 e. The zero-order valence-electron chi connectivity index (χ0n) is 10.9. The number of nitrogens with one attached hydrogen (secondary N) is 1. The Kier molecular flexibility index (Phi) is 4.91. The first kappa shape index (κ1) is 17.0. The van der Waals surface area contributed by atoms with E-state index in [0.717, 1.165) is 0 Å². The molecule has 0 atom stereocenters. The van der Waals surface area contributed by atoms with Gasteiger partial charge in [-0.3, -0.25) is 4.79 Å². The molecule has 1 aromatic carbocycles. The Morgan fingerprint density at radius 3 is 2.40 bits per heavy atom. The molecule has 5 N–H and O–H groups in total. The first-order valence-electron chi connectivity index (χ1n) is 5.52. The van der Waals surface area contributed by atoms with Crippen molar-refractivity contribution in [2.75, 3.05) is 12.3 Å². The number of nitrogens with two attached hydrogens (primary N) is 2. The summed E-state index contributed by atoms with van der Waals surface area (Å²) in [4.78, 5) is 11.0. The minimum Gasteiger partial charge on any atom is -0.396 e. The van der Waals surface area contributed by atoms with Gasteiger partial charge in [-0.05, 0) is 26.0 Å². The smallest absolute Gasteiger partial charge is 0.242 e. The number of anilines is 1. The molecule has 0 spiro atoms. The summed E-state index contributed by atoms with van der Waals surface area (Å²) in [5.74, 6) is -0.623. The lowest BCUT2D eigenvalue weighted by atomic mass is 9.93. The van der Waals surface area contributed by atoms with Crippen molar-refractivity contribution in [3.63, 3.8) is 0 Å². The van der Waals surface area contributed by atoms with Crippen LogP contribution >= 0.6 is 23.2 Å². The second-order valence-electron chi connectivity index (χ2n) is 4.85. The van der Waals surface area contributed by atoms with E-state index in [4.69, 9.17) is 34.7 Å². The van der Waals surface area contributed by atoms with Crippen molar-refractivity contribution in [1.82, 2.24) is 4.72 Å². The fourth-order valence-corrected chi connectivity index (χ4v) is 3.17. The summed E-state index contributed by atoms with van der Waals surface area (Å²) in [6.07, 6.45) is 0. The van der Waals surface area contributed by atoms with Gasteiger partial charge in [0, 0.05) is 6.54 Å². The number of hydrogen-bond donors (Lipinski definition) is 3. The summed E-state index contributed by atoms with van der Waals surface area (Å²) in [5, 5.41) is -0.00621. The van der Waals surface area contributed by atoms with E-state index in [0.29, 0.717) is 0 Å². The second-order valence-corrected chi connectivity index (χ2v) is 7.37. The van der Waals surface area contributed by atoms with Crippen LogP contribution in [-0.2, 0) is 14.8 Å². The van der Waals surface area contributed by atoms with Crippen LogP contribution in [0.5, 0.6) is 0 Å². The third-order valence-electron chi connectivity index (χ3n) is 2.75. The Balaban J connectivity index is 3.08. The molecule has 1 aromatic rings. The minimum atomic E-state index is -3.93. The highest BCUT2D eigenvalue weighted by Crippen LogP contribution is 2.33. The van der Waals surface area contributed by atoms with E-state index in [2.05, 4.69) is 4.72 Å². The lowest BCUT2D eigenvalue weighted by molar-refractivity contribution is -0.125. The van der Waals surface area contributed by atoms with E-state index in [-0.39, 0.29) is 27.2 Å². The van der Waals surface area contributed by atoms with Crippen LogP contribution in [0.2, 0.25) is 10.0 Å². The van der Waals surface area contributed by atoms with Crippen molar-refractivity contribution in [3.8, 4) is 0 Å². The normalized spacial score (nSPS) is 12.4. The van der Waals surface area contributed by atoms with Crippen LogP contribution in [0.25, 0.3) is 0 Å². The Bertz CT molecular complexity index is 645. The molecule has 0 aliphatic carbocycles. The molecule has 0 aliphatic rings. The number of benzene rings is 1. The summed E-state index contributed by atoms with van der Waals surface area (Å²) >= 11 is 11.6. The SMILES string of the molecule is CC(C)(CNS(=O)(=O)c1ccc(Cl)c(N)c1Cl)C(N)=O. The standard InChI is InChI=1S/C11H15Cl2N3O3S/c1-11(2,10(15)17)5-16-20(18,19)7-4-3-6(12)9(14)8(7)13/h3-4,16H,5,14H2,1-2H3,(H2,15,17). The van der Waals surface area contributed by atoms with E-state index >= 15 is 0 Å². The predicted molar refractivity (Wildman–Crippen MR) is 79.0 cm³/mol. The van der Waals surface area contributed by atoms with E-state index < -0.39 is 21.3 Å². The van der Waals surface area contributed by atoms with Crippen LogP contribution in [0, 0.1) is 5.41 Å². The fourth-order valence-electron chi connectivity index (χ4n) is 1.20. The van der Waals surface area contributed by atoms with E-state index in [1.54, 1.807) is 0 Å². The molecule has 0 saturated heterocycles. The average Bonchev–Trinajstić information content (AvgIpc) is 2.33. The maximum absolute atomic E-state index is 12.1. The number of nitrogen functional groups attached to an aromatic ring is 1. The topological polar surface area (TPSA) is 115 Å². The number of carbonyl (C=O) groups excluding carboxylic acids is 1. The quantitative estimate of drug-likeness (QED) is 0.702. The van der Waals surface area contributed by atoms with Crippen molar-refractivity contribution in [2.24, 2.45) is 11.1 Å². The molecule has 0 aliphatic heterocycles. The molecule has 20 heavy (non-hydrogen) atoms. The van der Waals surface area contributed by atoms with E-state index in [1.807, 2.05) is 0 Å². The zero-order valence-corrected chi connectivity index (χ0v) is 13.2. The van der Waals surface area contributed by atoms with Crippen LogP contribution in [0.1, 0.15) is 13.8 Å². The lowest BCUT2D eigenvalue weighted by Crippen LogP contribution is -2.42. The number of hydrogen-bond acceptors (Lipinski definition) is 4. The maximum atomic E-state index is 12.1. The number of rotatable bonds is 5. The molecule has 0 heterocycles. The molecule has 9 heteroatoms. The molecule has 0 fully saturated rings. The van der Waals surface area contributed by atoms with E-state index in [1.165, 1.54) is 26.0 Å². The van der Waals surface area contributed by atoms with Crippen LogP contribution in [0.15, 0.2) is 17.0 Å². The van der Waals surface area contributed by atoms with Crippen LogP contribution in [0.4, 0.5) is 5.69 Å². The Morgan fingerprint density at radius 2 is 1.90 bits per heavy atom. The number of amides is 1.